The van der Waals surface area contributed by atoms with Crippen molar-refractivity contribution in [2.75, 3.05) is 44.5 Å². The molecule has 1 saturated heterocycles. The van der Waals surface area contributed by atoms with Gasteiger partial charge in [-0.25, -0.2) is 19.5 Å². The molecule has 2 unspecified atom stereocenters. The molecule has 2 aliphatic rings. The van der Waals surface area contributed by atoms with E-state index in [1.807, 2.05) is 37.3 Å². The van der Waals surface area contributed by atoms with E-state index in [4.69, 9.17) is 14.2 Å². The summed E-state index contributed by atoms with van der Waals surface area (Å²) in [6.07, 6.45) is 9.77. The number of fused-ring (bicyclic) bond motifs is 3. The maximum Gasteiger partial charge on any atom is 0.248 e. The second-order valence-electron chi connectivity index (χ2n) is 12.0. The Kier molecular flexibility index (Phi) is 8.31. The van der Waals surface area contributed by atoms with Gasteiger partial charge in [-0.15, -0.1) is 0 Å². The van der Waals surface area contributed by atoms with E-state index in [1.54, 1.807) is 43.1 Å². The second kappa shape index (κ2) is 12.9. The molecule has 0 bridgehead atoms. The number of aryl methyl sites for hydroxylation is 1. The van der Waals surface area contributed by atoms with Crippen molar-refractivity contribution in [3.63, 3.8) is 0 Å². The molecule has 1 amide bonds. The fourth-order valence-electron chi connectivity index (χ4n) is 6.61. The number of nitrogens with one attached hydrogen (secondary N) is 2. The van der Waals surface area contributed by atoms with Crippen LogP contribution in [-0.2, 0) is 4.79 Å². The number of anilines is 3. The molecule has 2 fully saturated rings. The Morgan fingerprint density at radius 3 is 2.55 bits per heavy atom. The molecule has 1 saturated carbocycles. The first-order valence-corrected chi connectivity index (χ1v) is 15.5. The van der Waals surface area contributed by atoms with E-state index in [-0.39, 0.29) is 12.0 Å². The van der Waals surface area contributed by atoms with Gasteiger partial charge in [0.25, 0.3) is 0 Å². The van der Waals surface area contributed by atoms with Crippen LogP contribution in [0.25, 0.3) is 16.6 Å². The van der Waals surface area contributed by atoms with Crippen LogP contribution in [0.2, 0.25) is 0 Å². The summed E-state index contributed by atoms with van der Waals surface area (Å²) >= 11 is 0. The first-order valence-electron chi connectivity index (χ1n) is 15.5. The molecule has 47 heavy (non-hydrogen) atoms. The maximum absolute atomic E-state index is 13.0. The highest BCUT2D eigenvalue weighted by atomic mass is 16.5. The van der Waals surface area contributed by atoms with E-state index in [0.29, 0.717) is 75.1 Å². The average Bonchev–Trinajstić information content (AvgIpc) is 3.77. The van der Waals surface area contributed by atoms with Crippen LogP contribution < -0.4 is 24.8 Å². The van der Waals surface area contributed by atoms with E-state index >= 15 is 0 Å². The van der Waals surface area contributed by atoms with Crippen LogP contribution in [0.4, 0.5) is 17.2 Å². The minimum Gasteiger partial charge on any atom is -0.494 e. The normalized spacial score (nSPS) is 19.4. The number of carbonyl (C=O) groups is 1. The molecule has 13 nitrogen and oxygen atoms in total. The van der Waals surface area contributed by atoms with Gasteiger partial charge in [0, 0.05) is 55.5 Å². The van der Waals surface area contributed by atoms with E-state index in [2.05, 4.69) is 35.6 Å². The number of nitrogens with zero attached hydrogens (tertiary/aromatic N) is 6. The highest BCUT2D eigenvalue weighted by Gasteiger charge is 2.39. The molecule has 7 rings (SSSR count). The SMILES string of the molecule is COc1cc2ncnc(Nc3cc(C)c(Oc4ccn5ncnc5c4)cc3OC)c2cc1NC(=O)/C=C/CN1CC2CC(O)CC2C1. The summed E-state index contributed by atoms with van der Waals surface area (Å²) in [7, 11) is 3.14. The number of aromatic nitrogens is 5. The molecule has 1 aliphatic carbocycles. The summed E-state index contributed by atoms with van der Waals surface area (Å²) in [5, 5.41) is 21.0. The van der Waals surface area contributed by atoms with Gasteiger partial charge in [0.1, 0.15) is 41.5 Å². The quantitative estimate of drug-likeness (QED) is 0.183. The van der Waals surface area contributed by atoms with Gasteiger partial charge in [0.2, 0.25) is 5.91 Å². The van der Waals surface area contributed by atoms with Gasteiger partial charge in [-0.1, -0.05) is 6.08 Å². The zero-order chi connectivity index (χ0) is 32.5. The molecular formula is C34H36N8O5. The van der Waals surface area contributed by atoms with Crippen LogP contribution in [0, 0.1) is 18.8 Å². The van der Waals surface area contributed by atoms with Crippen LogP contribution in [0.3, 0.4) is 0 Å². The number of pyridine rings is 1. The van der Waals surface area contributed by atoms with Crippen LogP contribution in [0.5, 0.6) is 23.0 Å². The van der Waals surface area contributed by atoms with Crippen molar-refractivity contribution in [3.8, 4) is 23.0 Å². The fraction of sp³-hybridized carbons (Fsp3) is 0.324. The number of aliphatic hydroxyl groups excluding tert-OH is 1. The lowest BCUT2D eigenvalue weighted by molar-refractivity contribution is -0.111. The van der Waals surface area contributed by atoms with Gasteiger partial charge in [0.05, 0.1) is 37.2 Å². The summed E-state index contributed by atoms with van der Waals surface area (Å²) in [4.78, 5) is 28.4. The smallest absolute Gasteiger partial charge is 0.248 e. The monoisotopic (exact) mass is 636 g/mol. The molecular weight excluding hydrogens is 600 g/mol. The molecule has 0 spiro atoms. The number of hydrogen-bond acceptors (Lipinski definition) is 11. The van der Waals surface area contributed by atoms with Crippen LogP contribution >= 0.6 is 0 Å². The van der Waals surface area contributed by atoms with Crippen LogP contribution in [0.15, 0.2) is 67.4 Å². The molecule has 2 atom stereocenters. The van der Waals surface area contributed by atoms with Crippen molar-refractivity contribution in [1.82, 2.24) is 29.5 Å². The maximum atomic E-state index is 13.0. The van der Waals surface area contributed by atoms with Crippen molar-refractivity contribution in [2.45, 2.75) is 25.9 Å². The Morgan fingerprint density at radius 1 is 0.979 bits per heavy atom. The number of ether oxygens (including phenoxy) is 3. The van der Waals surface area contributed by atoms with Gasteiger partial charge >= 0.3 is 0 Å². The summed E-state index contributed by atoms with van der Waals surface area (Å²) in [5.74, 6) is 3.64. The standard InChI is InChI=1S/C34H36N8O5/c1-20-9-27(31(46-3)15-29(20)47-24-6-8-42-32(12-24)36-19-38-42)40-34-25-13-28(30(45-2)14-26(25)35-18-37-34)39-33(44)5-4-7-41-16-21-10-23(43)11-22(21)17-41/h4-6,8-9,12-15,18-19,21-23,43H,7,10-11,16-17H2,1-3H3,(H,39,44)(H,35,37,40)/b5-4+. The van der Waals surface area contributed by atoms with Gasteiger partial charge < -0.3 is 30.0 Å². The van der Waals surface area contributed by atoms with E-state index in [9.17, 15) is 9.90 Å². The van der Waals surface area contributed by atoms with Crippen molar-refractivity contribution in [1.29, 1.82) is 0 Å². The first-order chi connectivity index (χ1) is 22.9. The van der Waals surface area contributed by atoms with Crippen molar-refractivity contribution < 1.29 is 24.1 Å². The predicted octanol–water partition coefficient (Wildman–Crippen LogP) is 4.73. The number of carbonyl (C=O) groups excluding carboxylic acids is 1. The average molecular weight is 637 g/mol. The molecule has 13 heteroatoms. The number of hydrogen-bond donors (Lipinski definition) is 3. The molecule has 5 aromatic rings. The summed E-state index contributed by atoms with van der Waals surface area (Å²) in [5.41, 5.74) is 3.35. The molecule has 3 aromatic heterocycles. The Hall–Kier alpha value is -5.27. The second-order valence-corrected chi connectivity index (χ2v) is 12.0. The summed E-state index contributed by atoms with van der Waals surface area (Å²) in [6.45, 7) is 4.56. The zero-order valence-corrected chi connectivity index (χ0v) is 26.4. The number of amides is 1. The lowest BCUT2D eigenvalue weighted by Gasteiger charge is -2.17. The number of rotatable bonds is 10. The number of likely N-dealkylation sites (tertiary alicyclic amines) is 1. The van der Waals surface area contributed by atoms with E-state index in [0.717, 1.165) is 31.5 Å². The summed E-state index contributed by atoms with van der Waals surface area (Å²) in [6, 6.07) is 10.9. The number of methoxy groups -OCH3 is 2. The third-order valence-corrected chi connectivity index (χ3v) is 8.88. The molecule has 2 aromatic carbocycles. The minimum atomic E-state index is -0.264. The molecule has 0 radical (unpaired) electrons. The van der Waals surface area contributed by atoms with Gasteiger partial charge in [-0.05, 0) is 55.4 Å². The van der Waals surface area contributed by atoms with Crippen molar-refractivity contribution in [3.05, 3.63) is 73.0 Å². The predicted molar refractivity (Wildman–Crippen MR) is 177 cm³/mol. The Labute approximate surface area is 271 Å². The van der Waals surface area contributed by atoms with Crippen LogP contribution in [-0.4, -0.2) is 80.4 Å². The van der Waals surface area contributed by atoms with E-state index < -0.39 is 0 Å². The topological polar surface area (TPSA) is 148 Å². The molecule has 242 valence electrons. The first kappa shape index (κ1) is 30.4. The Bertz CT molecular complexity index is 1960. The highest BCUT2D eigenvalue weighted by molar-refractivity contribution is 6.03. The number of benzene rings is 2. The van der Waals surface area contributed by atoms with E-state index in [1.165, 1.54) is 12.7 Å². The van der Waals surface area contributed by atoms with Crippen LogP contribution in [0.1, 0.15) is 18.4 Å². The Balaban J connectivity index is 1.08. The molecule has 3 N–H and O–H groups in total. The van der Waals surface area contributed by atoms with Gasteiger partial charge in [-0.2, -0.15) is 5.10 Å². The summed E-state index contributed by atoms with van der Waals surface area (Å²) < 4.78 is 19.2. The lowest BCUT2D eigenvalue weighted by atomic mass is 10.0. The lowest BCUT2D eigenvalue weighted by Crippen LogP contribution is -2.23. The number of aliphatic hydroxyl groups is 1. The molecule has 1 aliphatic heterocycles. The minimum absolute atomic E-state index is 0.161. The zero-order valence-electron chi connectivity index (χ0n) is 26.4. The third-order valence-electron chi connectivity index (χ3n) is 8.88. The largest absolute Gasteiger partial charge is 0.494 e. The fourth-order valence-corrected chi connectivity index (χ4v) is 6.61. The van der Waals surface area contributed by atoms with Crippen molar-refractivity contribution in [2.24, 2.45) is 11.8 Å². The van der Waals surface area contributed by atoms with Gasteiger partial charge in [-0.3, -0.25) is 9.69 Å². The molecule has 4 heterocycles. The van der Waals surface area contributed by atoms with Gasteiger partial charge in [0.15, 0.2) is 5.65 Å². The van der Waals surface area contributed by atoms with Crippen molar-refractivity contribution >= 4 is 39.6 Å². The Morgan fingerprint density at radius 2 is 1.77 bits per heavy atom. The third kappa shape index (κ3) is 6.40. The highest BCUT2D eigenvalue weighted by Crippen LogP contribution is 2.39.